The number of nitrogens with two attached hydrogens (primary N) is 1. The van der Waals surface area contributed by atoms with E-state index in [1.165, 1.54) is 5.56 Å². The summed E-state index contributed by atoms with van der Waals surface area (Å²) in [5.41, 5.74) is 6.39. The Labute approximate surface area is 142 Å². The first-order chi connectivity index (χ1) is 11.7. The molecule has 24 heavy (non-hydrogen) atoms. The van der Waals surface area contributed by atoms with Crippen molar-refractivity contribution in [3.05, 3.63) is 35.9 Å². The molecule has 0 radical (unpaired) electrons. The lowest BCUT2D eigenvalue weighted by Crippen LogP contribution is -2.50. The van der Waals surface area contributed by atoms with Crippen molar-refractivity contribution in [2.24, 2.45) is 5.73 Å². The van der Waals surface area contributed by atoms with E-state index < -0.39 is 0 Å². The fraction of sp³-hybridized carbons (Fsp3) is 0.529. The monoisotopic (exact) mass is 334 g/mol. The Morgan fingerprint density at radius 3 is 2.54 bits per heavy atom. The molecule has 0 bridgehead atoms. The van der Waals surface area contributed by atoms with Crippen LogP contribution in [-0.4, -0.2) is 68.7 Å². The van der Waals surface area contributed by atoms with Gasteiger partial charge >= 0.3 is 0 Å². The maximum atomic E-state index is 12.1. The minimum atomic E-state index is -0.335. The van der Waals surface area contributed by atoms with Crippen molar-refractivity contribution >= 4 is 11.8 Å². The number of amides is 2. The van der Waals surface area contributed by atoms with Gasteiger partial charge in [-0.2, -0.15) is 0 Å². The molecule has 1 aliphatic heterocycles. The highest BCUT2D eigenvalue weighted by atomic mass is 16.5. The third-order valence-corrected chi connectivity index (χ3v) is 3.90. The summed E-state index contributed by atoms with van der Waals surface area (Å²) in [4.78, 5) is 25.6. The first kappa shape index (κ1) is 18.4. The van der Waals surface area contributed by atoms with Crippen LogP contribution in [0.25, 0.3) is 0 Å². The average molecular weight is 334 g/mol. The zero-order chi connectivity index (χ0) is 17.2. The van der Waals surface area contributed by atoms with Gasteiger partial charge in [0.1, 0.15) is 0 Å². The van der Waals surface area contributed by atoms with E-state index in [4.69, 9.17) is 10.5 Å². The number of ether oxygens (including phenoxy) is 1. The fourth-order valence-electron chi connectivity index (χ4n) is 2.68. The van der Waals surface area contributed by atoms with Crippen LogP contribution in [0, 0.1) is 0 Å². The number of hydrogen-bond donors (Lipinski definition) is 3. The predicted molar refractivity (Wildman–Crippen MR) is 91.4 cm³/mol. The molecule has 0 aliphatic carbocycles. The zero-order valence-corrected chi connectivity index (χ0v) is 13.9. The molecule has 2 amide bonds. The molecule has 1 fully saturated rings. The Hall–Kier alpha value is -1.96. The molecule has 7 heteroatoms. The second-order valence-corrected chi connectivity index (χ2v) is 5.85. The summed E-state index contributed by atoms with van der Waals surface area (Å²) in [6, 6.07) is 10.0. The zero-order valence-electron chi connectivity index (χ0n) is 13.9. The van der Waals surface area contributed by atoms with Crippen LogP contribution in [0.15, 0.2) is 30.3 Å². The molecule has 1 atom stereocenters. The van der Waals surface area contributed by atoms with Crippen LogP contribution < -0.4 is 16.4 Å². The minimum Gasteiger partial charge on any atom is -0.379 e. The molecule has 7 nitrogen and oxygen atoms in total. The predicted octanol–water partition coefficient (Wildman–Crippen LogP) is -0.879. The van der Waals surface area contributed by atoms with E-state index >= 15 is 0 Å². The van der Waals surface area contributed by atoms with Crippen LogP contribution in [0.5, 0.6) is 0 Å². The van der Waals surface area contributed by atoms with Crippen LogP contribution in [0.1, 0.15) is 5.56 Å². The maximum Gasteiger partial charge on any atom is 0.239 e. The molecular weight excluding hydrogens is 308 g/mol. The van der Waals surface area contributed by atoms with Gasteiger partial charge in [0.25, 0.3) is 0 Å². The van der Waals surface area contributed by atoms with Gasteiger partial charge in [0.15, 0.2) is 0 Å². The van der Waals surface area contributed by atoms with Crippen molar-refractivity contribution in [2.45, 2.75) is 12.5 Å². The molecule has 1 aromatic rings. The normalized spacial score (nSPS) is 16.4. The molecule has 4 N–H and O–H groups in total. The van der Waals surface area contributed by atoms with Crippen molar-refractivity contribution in [2.75, 3.05) is 45.9 Å². The first-order valence-electron chi connectivity index (χ1n) is 8.27. The lowest BCUT2D eigenvalue weighted by Gasteiger charge is -2.31. The fourth-order valence-corrected chi connectivity index (χ4v) is 2.68. The number of morpholine rings is 1. The molecule has 1 aromatic carbocycles. The van der Waals surface area contributed by atoms with Crippen LogP contribution >= 0.6 is 0 Å². The highest BCUT2D eigenvalue weighted by Crippen LogP contribution is 2.06. The van der Waals surface area contributed by atoms with E-state index in [1.807, 2.05) is 18.2 Å². The van der Waals surface area contributed by atoms with E-state index in [0.29, 0.717) is 0 Å². The smallest absolute Gasteiger partial charge is 0.239 e. The largest absolute Gasteiger partial charge is 0.379 e. The van der Waals surface area contributed by atoms with Gasteiger partial charge < -0.3 is 21.1 Å². The van der Waals surface area contributed by atoms with Crippen molar-refractivity contribution in [1.29, 1.82) is 0 Å². The van der Waals surface area contributed by atoms with Crippen LogP contribution in [0.2, 0.25) is 0 Å². The number of nitrogens with one attached hydrogen (secondary N) is 2. The Kier molecular flexibility index (Phi) is 7.67. The average Bonchev–Trinajstić information content (AvgIpc) is 2.61. The van der Waals surface area contributed by atoms with Gasteiger partial charge in [-0.05, 0) is 12.0 Å². The van der Waals surface area contributed by atoms with Crippen molar-refractivity contribution in [1.82, 2.24) is 15.5 Å². The number of nitrogens with zero attached hydrogens (tertiary/aromatic N) is 1. The summed E-state index contributed by atoms with van der Waals surface area (Å²) in [6.07, 6.45) is 0.745. The van der Waals surface area contributed by atoms with Crippen LogP contribution in [0.3, 0.4) is 0 Å². The van der Waals surface area contributed by atoms with E-state index in [1.54, 1.807) is 0 Å². The molecule has 1 saturated heterocycles. The summed E-state index contributed by atoms with van der Waals surface area (Å²) in [6.45, 7) is 3.76. The van der Waals surface area contributed by atoms with Gasteiger partial charge in [0, 0.05) is 25.7 Å². The number of carbonyl (C=O) groups excluding carboxylic acids is 2. The number of hydrogen-bond acceptors (Lipinski definition) is 5. The molecule has 132 valence electrons. The number of benzene rings is 1. The van der Waals surface area contributed by atoms with E-state index in [-0.39, 0.29) is 30.9 Å². The topological polar surface area (TPSA) is 96.7 Å². The van der Waals surface area contributed by atoms with Gasteiger partial charge in [0.2, 0.25) is 11.8 Å². The summed E-state index contributed by atoms with van der Waals surface area (Å²) in [5.74, 6) is -0.538. The van der Waals surface area contributed by atoms with E-state index in [0.717, 1.165) is 39.3 Å². The standard InChI is InChI=1S/C17H26N4O3/c18-11-16(22)19-12-17(23)20-15(10-14-4-2-1-3-5-14)13-21-6-8-24-9-7-21/h1-5,15H,6-13,18H2,(H,19,22)(H,20,23). The summed E-state index contributed by atoms with van der Waals surface area (Å²) < 4.78 is 5.37. The molecule has 0 saturated carbocycles. The molecule has 1 unspecified atom stereocenters. The summed E-state index contributed by atoms with van der Waals surface area (Å²) >= 11 is 0. The van der Waals surface area contributed by atoms with Crippen LogP contribution in [0.4, 0.5) is 0 Å². The van der Waals surface area contributed by atoms with Crippen molar-refractivity contribution in [3.8, 4) is 0 Å². The van der Waals surface area contributed by atoms with E-state index in [9.17, 15) is 9.59 Å². The first-order valence-corrected chi connectivity index (χ1v) is 8.27. The maximum absolute atomic E-state index is 12.1. The molecule has 1 aliphatic rings. The Balaban J connectivity index is 1.90. The molecule has 0 spiro atoms. The van der Waals surface area contributed by atoms with Gasteiger partial charge in [-0.1, -0.05) is 30.3 Å². The SMILES string of the molecule is NCC(=O)NCC(=O)NC(Cc1ccccc1)CN1CCOCC1. The number of rotatable bonds is 8. The lowest BCUT2D eigenvalue weighted by atomic mass is 10.1. The Bertz CT molecular complexity index is 518. The number of carbonyl (C=O) groups is 2. The van der Waals surface area contributed by atoms with Crippen LogP contribution in [-0.2, 0) is 20.7 Å². The minimum absolute atomic E-state index is 0.0206. The van der Waals surface area contributed by atoms with Gasteiger partial charge in [-0.3, -0.25) is 14.5 Å². The quantitative estimate of drug-likeness (QED) is 0.574. The van der Waals surface area contributed by atoms with Gasteiger partial charge in [-0.25, -0.2) is 0 Å². The van der Waals surface area contributed by atoms with Crippen molar-refractivity contribution in [3.63, 3.8) is 0 Å². The Morgan fingerprint density at radius 2 is 1.88 bits per heavy atom. The summed E-state index contributed by atoms with van der Waals surface area (Å²) in [5, 5.41) is 5.51. The van der Waals surface area contributed by atoms with E-state index in [2.05, 4.69) is 27.7 Å². The Morgan fingerprint density at radius 1 is 1.17 bits per heavy atom. The third-order valence-electron chi connectivity index (χ3n) is 3.90. The van der Waals surface area contributed by atoms with Gasteiger partial charge in [0.05, 0.1) is 26.3 Å². The third kappa shape index (κ3) is 6.66. The van der Waals surface area contributed by atoms with Crippen molar-refractivity contribution < 1.29 is 14.3 Å². The second kappa shape index (κ2) is 10.0. The second-order valence-electron chi connectivity index (χ2n) is 5.85. The molecule has 1 heterocycles. The molecule has 0 aromatic heterocycles. The summed E-state index contributed by atoms with van der Waals surface area (Å²) in [7, 11) is 0. The lowest BCUT2D eigenvalue weighted by molar-refractivity contribution is -0.125. The highest BCUT2D eigenvalue weighted by molar-refractivity contribution is 5.85. The molecule has 2 rings (SSSR count). The van der Waals surface area contributed by atoms with Gasteiger partial charge in [-0.15, -0.1) is 0 Å². The highest BCUT2D eigenvalue weighted by Gasteiger charge is 2.19. The molecular formula is C17H26N4O3.